The van der Waals surface area contributed by atoms with Crippen molar-refractivity contribution in [3.63, 3.8) is 0 Å². The highest BCUT2D eigenvalue weighted by Gasteiger charge is 2.17. The second-order valence-corrected chi connectivity index (χ2v) is 7.16. The molecule has 1 amide bonds. The summed E-state index contributed by atoms with van der Waals surface area (Å²) in [6.45, 7) is 5.81. The fourth-order valence-electron chi connectivity index (χ4n) is 3.25. The van der Waals surface area contributed by atoms with Crippen LogP contribution in [-0.4, -0.2) is 35.5 Å². The van der Waals surface area contributed by atoms with Crippen molar-refractivity contribution < 1.29 is 9.90 Å². The second kappa shape index (κ2) is 7.94. The Kier molecular flexibility index (Phi) is 5.64. The number of phenolic OH excluding ortho intramolecular Hbond substituents is 1. The van der Waals surface area contributed by atoms with Crippen LogP contribution in [-0.2, 0) is 4.79 Å². The van der Waals surface area contributed by atoms with Crippen LogP contribution in [0.15, 0.2) is 42.5 Å². The maximum absolute atomic E-state index is 12.4. The first-order valence-electron chi connectivity index (χ1n) is 8.70. The standard InChI is InChI=1S/C21H23ClN2O2/c1-14-11-15(2)21(19(22)12-14)23-20(26)13-24-9-7-17(8-10-24)16-3-5-18(25)6-4-16/h3-7,11-12,25H,8-10,13H2,1-2H3,(H,23,26). The Morgan fingerprint density at radius 3 is 2.58 bits per heavy atom. The van der Waals surface area contributed by atoms with Gasteiger partial charge in [0.05, 0.1) is 17.3 Å². The zero-order chi connectivity index (χ0) is 18.7. The summed E-state index contributed by atoms with van der Waals surface area (Å²) in [7, 11) is 0. The van der Waals surface area contributed by atoms with Crippen molar-refractivity contribution in [3.8, 4) is 5.75 Å². The van der Waals surface area contributed by atoms with E-state index in [9.17, 15) is 9.90 Å². The maximum atomic E-state index is 12.4. The molecule has 2 N–H and O–H groups in total. The lowest BCUT2D eigenvalue weighted by Gasteiger charge is -2.26. The minimum atomic E-state index is -0.0552. The molecule has 1 heterocycles. The van der Waals surface area contributed by atoms with Gasteiger partial charge < -0.3 is 10.4 Å². The normalized spacial score (nSPS) is 14.8. The van der Waals surface area contributed by atoms with E-state index >= 15 is 0 Å². The van der Waals surface area contributed by atoms with E-state index in [2.05, 4.69) is 16.3 Å². The van der Waals surface area contributed by atoms with Gasteiger partial charge in [0, 0.05) is 13.1 Å². The Bertz CT molecular complexity index is 821. The number of halogens is 1. The molecule has 1 aliphatic heterocycles. The molecule has 26 heavy (non-hydrogen) atoms. The van der Waals surface area contributed by atoms with Crippen LogP contribution in [0.5, 0.6) is 5.75 Å². The summed E-state index contributed by atoms with van der Waals surface area (Å²) in [6.07, 6.45) is 3.02. The highest BCUT2D eigenvalue weighted by molar-refractivity contribution is 6.34. The number of benzene rings is 2. The number of nitrogens with zero attached hydrogens (tertiary/aromatic N) is 1. The summed E-state index contributed by atoms with van der Waals surface area (Å²) >= 11 is 6.26. The molecule has 0 aromatic heterocycles. The number of aromatic hydroxyl groups is 1. The quantitative estimate of drug-likeness (QED) is 0.839. The van der Waals surface area contributed by atoms with Crippen LogP contribution in [0, 0.1) is 13.8 Å². The number of anilines is 1. The number of carbonyl (C=O) groups excluding carboxylic acids is 1. The smallest absolute Gasteiger partial charge is 0.238 e. The Labute approximate surface area is 159 Å². The van der Waals surface area contributed by atoms with Gasteiger partial charge in [-0.3, -0.25) is 9.69 Å². The van der Waals surface area contributed by atoms with Gasteiger partial charge in [-0.15, -0.1) is 0 Å². The van der Waals surface area contributed by atoms with Gasteiger partial charge in [-0.25, -0.2) is 0 Å². The van der Waals surface area contributed by atoms with Crippen LogP contribution < -0.4 is 5.32 Å². The van der Waals surface area contributed by atoms with E-state index in [1.807, 2.05) is 38.1 Å². The van der Waals surface area contributed by atoms with E-state index in [1.54, 1.807) is 12.1 Å². The van der Waals surface area contributed by atoms with Crippen LogP contribution in [0.4, 0.5) is 5.69 Å². The van der Waals surface area contributed by atoms with Gasteiger partial charge in [0.1, 0.15) is 5.75 Å². The van der Waals surface area contributed by atoms with Gasteiger partial charge in [0.25, 0.3) is 0 Å². The topological polar surface area (TPSA) is 52.6 Å². The Morgan fingerprint density at radius 1 is 1.23 bits per heavy atom. The number of amides is 1. The van der Waals surface area contributed by atoms with Gasteiger partial charge >= 0.3 is 0 Å². The van der Waals surface area contributed by atoms with Crippen LogP contribution >= 0.6 is 11.6 Å². The molecule has 0 fully saturated rings. The van der Waals surface area contributed by atoms with Crippen molar-refractivity contribution in [2.24, 2.45) is 0 Å². The number of aryl methyl sites for hydroxylation is 2. The SMILES string of the molecule is Cc1cc(C)c(NC(=O)CN2CC=C(c3ccc(O)cc3)CC2)c(Cl)c1. The maximum Gasteiger partial charge on any atom is 0.238 e. The fraction of sp³-hybridized carbons (Fsp3) is 0.286. The van der Waals surface area contributed by atoms with E-state index in [-0.39, 0.29) is 11.7 Å². The molecule has 0 radical (unpaired) electrons. The molecule has 5 heteroatoms. The lowest BCUT2D eigenvalue weighted by molar-refractivity contribution is -0.117. The zero-order valence-corrected chi connectivity index (χ0v) is 15.8. The molecule has 1 aliphatic rings. The molecule has 0 saturated carbocycles. The van der Waals surface area contributed by atoms with Crippen molar-refractivity contribution >= 4 is 28.8 Å². The van der Waals surface area contributed by atoms with Crippen molar-refractivity contribution in [1.29, 1.82) is 0 Å². The number of hydrogen-bond donors (Lipinski definition) is 2. The monoisotopic (exact) mass is 370 g/mol. The Hall–Kier alpha value is -2.30. The summed E-state index contributed by atoms with van der Waals surface area (Å²) in [5.74, 6) is 0.217. The third-order valence-electron chi connectivity index (χ3n) is 4.59. The van der Waals surface area contributed by atoms with Gasteiger partial charge in [0.2, 0.25) is 5.91 Å². The minimum absolute atomic E-state index is 0.0552. The molecule has 0 atom stereocenters. The molecule has 2 aromatic carbocycles. The van der Waals surface area contributed by atoms with Gasteiger partial charge in [-0.2, -0.15) is 0 Å². The van der Waals surface area contributed by atoms with Crippen molar-refractivity contribution in [3.05, 3.63) is 64.2 Å². The van der Waals surface area contributed by atoms with E-state index < -0.39 is 0 Å². The van der Waals surface area contributed by atoms with E-state index in [4.69, 9.17) is 11.6 Å². The van der Waals surface area contributed by atoms with Crippen LogP contribution in [0.2, 0.25) is 5.02 Å². The summed E-state index contributed by atoms with van der Waals surface area (Å²) in [5, 5.41) is 12.9. The first-order valence-corrected chi connectivity index (χ1v) is 9.07. The van der Waals surface area contributed by atoms with E-state index in [0.717, 1.165) is 36.2 Å². The van der Waals surface area contributed by atoms with Crippen LogP contribution in [0.25, 0.3) is 5.57 Å². The van der Waals surface area contributed by atoms with E-state index in [0.29, 0.717) is 17.3 Å². The molecule has 3 rings (SSSR count). The predicted octanol–water partition coefficient (Wildman–Crippen LogP) is 4.39. The number of carbonyl (C=O) groups is 1. The molecule has 0 aliphatic carbocycles. The average molecular weight is 371 g/mol. The molecular weight excluding hydrogens is 348 g/mol. The Morgan fingerprint density at radius 2 is 1.96 bits per heavy atom. The average Bonchev–Trinajstić information content (AvgIpc) is 2.59. The van der Waals surface area contributed by atoms with Gasteiger partial charge in [0.15, 0.2) is 0 Å². The molecular formula is C21H23ClN2O2. The van der Waals surface area contributed by atoms with Crippen LogP contribution in [0.1, 0.15) is 23.1 Å². The van der Waals surface area contributed by atoms with Gasteiger partial charge in [-0.1, -0.05) is 35.9 Å². The molecule has 4 nitrogen and oxygen atoms in total. The summed E-state index contributed by atoms with van der Waals surface area (Å²) < 4.78 is 0. The lowest BCUT2D eigenvalue weighted by Crippen LogP contribution is -2.36. The van der Waals surface area contributed by atoms with Gasteiger partial charge in [-0.05, 0) is 60.7 Å². The lowest BCUT2D eigenvalue weighted by atomic mass is 9.99. The summed E-state index contributed by atoms with van der Waals surface area (Å²) in [6, 6.07) is 11.1. The first kappa shape index (κ1) is 18.5. The minimum Gasteiger partial charge on any atom is -0.508 e. The Balaban J connectivity index is 1.59. The van der Waals surface area contributed by atoms with E-state index in [1.165, 1.54) is 5.57 Å². The van der Waals surface area contributed by atoms with Crippen molar-refractivity contribution in [2.75, 3.05) is 25.0 Å². The molecule has 0 unspecified atom stereocenters. The van der Waals surface area contributed by atoms with Crippen molar-refractivity contribution in [2.45, 2.75) is 20.3 Å². The molecule has 0 bridgehead atoms. The number of hydrogen-bond acceptors (Lipinski definition) is 3. The number of phenols is 1. The van der Waals surface area contributed by atoms with Crippen molar-refractivity contribution in [1.82, 2.24) is 4.90 Å². The molecule has 0 spiro atoms. The second-order valence-electron chi connectivity index (χ2n) is 6.75. The zero-order valence-electron chi connectivity index (χ0n) is 15.1. The number of nitrogens with one attached hydrogen (secondary N) is 1. The summed E-state index contributed by atoms with van der Waals surface area (Å²) in [4.78, 5) is 14.5. The molecule has 2 aromatic rings. The fourth-order valence-corrected chi connectivity index (χ4v) is 3.62. The highest BCUT2D eigenvalue weighted by Crippen LogP contribution is 2.28. The first-order chi connectivity index (χ1) is 12.4. The van der Waals surface area contributed by atoms with Crippen LogP contribution in [0.3, 0.4) is 0 Å². The molecule has 136 valence electrons. The third kappa shape index (κ3) is 4.45. The number of rotatable bonds is 4. The third-order valence-corrected chi connectivity index (χ3v) is 4.89. The summed E-state index contributed by atoms with van der Waals surface area (Å²) in [5.41, 5.74) is 5.11. The molecule has 0 saturated heterocycles. The highest BCUT2D eigenvalue weighted by atomic mass is 35.5. The predicted molar refractivity (Wildman–Crippen MR) is 107 cm³/mol. The largest absolute Gasteiger partial charge is 0.508 e.